The number of aromatic amines is 1. The normalized spacial score (nSPS) is 19.3. The van der Waals surface area contributed by atoms with Crippen molar-refractivity contribution < 1.29 is 4.79 Å². The van der Waals surface area contributed by atoms with Crippen molar-refractivity contribution in [2.24, 2.45) is 0 Å². The number of aryl methyl sites for hydroxylation is 2. The summed E-state index contributed by atoms with van der Waals surface area (Å²) in [6.45, 7) is 4.26. The predicted octanol–water partition coefficient (Wildman–Crippen LogP) is 5.83. The van der Waals surface area contributed by atoms with E-state index in [1.165, 1.54) is 36.0 Å². The summed E-state index contributed by atoms with van der Waals surface area (Å²) in [6.07, 6.45) is 6.87. The minimum Gasteiger partial charge on any atom is -0.323 e. The van der Waals surface area contributed by atoms with Crippen LogP contribution in [0.2, 0.25) is 0 Å². The Bertz CT molecular complexity index is 1040. The van der Waals surface area contributed by atoms with Gasteiger partial charge >= 0.3 is 0 Å². The first kappa shape index (κ1) is 19.1. The Hall–Kier alpha value is -2.88. The Kier molecular flexibility index (Phi) is 4.93. The second kappa shape index (κ2) is 7.75. The smallest absolute Gasteiger partial charge is 0.273 e. The van der Waals surface area contributed by atoms with Gasteiger partial charge in [0.2, 0.25) is 0 Å². The predicted molar refractivity (Wildman–Crippen MR) is 119 cm³/mol. The van der Waals surface area contributed by atoms with Crippen LogP contribution in [0.25, 0.3) is 11.3 Å². The molecule has 3 aromatic rings. The van der Waals surface area contributed by atoms with E-state index in [4.69, 9.17) is 0 Å². The number of carbonyl (C=O) groups is 1. The molecular formula is C26H29N3O. The summed E-state index contributed by atoms with van der Waals surface area (Å²) in [6, 6.07) is 17.5. The molecule has 5 rings (SSSR count). The van der Waals surface area contributed by atoms with Crippen LogP contribution in [0.15, 0.2) is 48.5 Å². The molecule has 154 valence electrons. The highest BCUT2D eigenvalue weighted by Gasteiger charge is 2.45. The summed E-state index contributed by atoms with van der Waals surface area (Å²) < 4.78 is 0. The lowest BCUT2D eigenvalue weighted by Crippen LogP contribution is -2.40. The van der Waals surface area contributed by atoms with Gasteiger partial charge in [0, 0.05) is 17.2 Å². The number of nitrogens with zero attached hydrogens (tertiary/aromatic N) is 2. The van der Waals surface area contributed by atoms with Crippen LogP contribution in [0.3, 0.4) is 0 Å². The number of hydrogen-bond acceptors (Lipinski definition) is 2. The van der Waals surface area contributed by atoms with Crippen LogP contribution in [-0.4, -0.2) is 27.0 Å². The third-order valence-corrected chi connectivity index (χ3v) is 6.80. The van der Waals surface area contributed by atoms with Gasteiger partial charge in [-0.3, -0.25) is 9.89 Å². The summed E-state index contributed by atoms with van der Waals surface area (Å²) in [7, 11) is 0. The Morgan fingerprint density at radius 2 is 1.70 bits per heavy atom. The van der Waals surface area contributed by atoms with Gasteiger partial charge in [0.05, 0.1) is 11.7 Å². The van der Waals surface area contributed by atoms with E-state index in [-0.39, 0.29) is 11.9 Å². The molecule has 1 fully saturated rings. The van der Waals surface area contributed by atoms with Crippen LogP contribution >= 0.6 is 0 Å². The number of amides is 1. The lowest BCUT2D eigenvalue weighted by atomic mass is 9.90. The zero-order valence-electron chi connectivity index (χ0n) is 17.8. The Morgan fingerprint density at radius 3 is 2.37 bits per heavy atom. The fourth-order valence-corrected chi connectivity index (χ4v) is 5.10. The summed E-state index contributed by atoms with van der Waals surface area (Å²) in [4.78, 5) is 15.7. The molecule has 2 aliphatic rings. The quantitative estimate of drug-likeness (QED) is 0.600. The molecule has 2 heterocycles. The Balaban J connectivity index is 1.64. The largest absolute Gasteiger partial charge is 0.323 e. The molecule has 30 heavy (non-hydrogen) atoms. The minimum atomic E-state index is -0.0726. The molecule has 1 N–H and O–H groups in total. The SMILES string of the molecule is CCc1ccc(C2c3c(-c4ccc(C)cc4)n[nH]c3C(=O)N2C2CCCCC2)cc1. The maximum atomic E-state index is 13.6. The van der Waals surface area contributed by atoms with Gasteiger partial charge in [-0.15, -0.1) is 0 Å². The van der Waals surface area contributed by atoms with Gasteiger partial charge in [-0.25, -0.2) is 0 Å². The van der Waals surface area contributed by atoms with Crippen molar-refractivity contribution in [2.75, 3.05) is 0 Å². The van der Waals surface area contributed by atoms with E-state index in [2.05, 4.69) is 77.5 Å². The van der Waals surface area contributed by atoms with E-state index in [1.54, 1.807) is 0 Å². The summed E-state index contributed by atoms with van der Waals surface area (Å²) in [5.41, 5.74) is 7.39. The lowest BCUT2D eigenvalue weighted by molar-refractivity contribution is 0.0606. The van der Waals surface area contributed by atoms with Gasteiger partial charge in [0.1, 0.15) is 5.69 Å². The van der Waals surface area contributed by atoms with Crippen molar-refractivity contribution in [1.29, 1.82) is 0 Å². The standard InChI is InChI=1S/C26H29N3O/c1-3-18-11-15-20(16-12-18)25-22-23(19-13-9-17(2)10-14-19)27-28-24(22)26(30)29(25)21-7-5-4-6-8-21/h9-16,21,25H,3-8H2,1-2H3,(H,27,28). The number of benzene rings is 2. The topological polar surface area (TPSA) is 49.0 Å². The summed E-state index contributed by atoms with van der Waals surface area (Å²) in [5.74, 6) is 0.104. The molecule has 0 spiro atoms. The average Bonchev–Trinajstić information content (AvgIpc) is 3.34. The molecule has 1 aromatic heterocycles. The van der Waals surface area contributed by atoms with Gasteiger partial charge in [0.25, 0.3) is 5.91 Å². The van der Waals surface area contributed by atoms with Crippen molar-refractivity contribution in [3.05, 3.63) is 76.5 Å². The van der Waals surface area contributed by atoms with Crippen molar-refractivity contribution in [1.82, 2.24) is 15.1 Å². The van der Waals surface area contributed by atoms with Crippen molar-refractivity contribution in [3.63, 3.8) is 0 Å². The number of hydrogen-bond donors (Lipinski definition) is 1. The van der Waals surface area contributed by atoms with Crippen LogP contribution in [0.5, 0.6) is 0 Å². The molecule has 1 atom stereocenters. The fourth-order valence-electron chi connectivity index (χ4n) is 5.10. The maximum Gasteiger partial charge on any atom is 0.273 e. The molecule has 1 saturated carbocycles. The molecule has 1 aliphatic carbocycles. The highest BCUT2D eigenvalue weighted by atomic mass is 16.2. The molecular weight excluding hydrogens is 370 g/mol. The van der Waals surface area contributed by atoms with E-state index < -0.39 is 0 Å². The summed E-state index contributed by atoms with van der Waals surface area (Å²) >= 11 is 0. The van der Waals surface area contributed by atoms with E-state index in [0.717, 1.165) is 36.1 Å². The van der Waals surface area contributed by atoms with E-state index >= 15 is 0 Å². The zero-order valence-corrected chi connectivity index (χ0v) is 17.8. The van der Waals surface area contributed by atoms with Gasteiger partial charge in [-0.05, 0) is 37.3 Å². The third kappa shape index (κ3) is 3.15. The Morgan fingerprint density at radius 1 is 1.00 bits per heavy atom. The first-order valence-corrected chi connectivity index (χ1v) is 11.2. The molecule has 2 aromatic carbocycles. The molecule has 1 amide bonds. The zero-order chi connectivity index (χ0) is 20.7. The lowest BCUT2D eigenvalue weighted by Gasteiger charge is -2.36. The van der Waals surface area contributed by atoms with Crippen LogP contribution in [0.4, 0.5) is 0 Å². The number of carbonyl (C=O) groups excluding carboxylic acids is 1. The van der Waals surface area contributed by atoms with Gasteiger partial charge in [-0.2, -0.15) is 5.10 Å². The first-order chi connectivity index (χ1) is 14.7. The second-order valence-corrected chi connectivity index (χ2v) is 8.73. The monoisotopic (exact) mass is 399 g/mol. The molecule has 1 unspecified atom stereocenters. The van der Waals surface area contributed by atoms with E-state index in [9.17, 15) is 4.79 Å². The highest BCUT2D eigenvalue weighted by molar-refractivity contribution is 6.00. The number of fused-ring (bicyclic) bond motifs is 1. The van der Waals surface area contributed by atoms with E-state index in [0.29, 0.717) is 11.7 Å². The third-order valence-electron chi connectivity index (χ3n) is 6.80. The van der Waals surface area contributed by atoms with Gasteiger partial charge < -0.3 is 4.90 Å². The Labute approximate surface area is 178 Å². The fraction of sp³-hybridized carbons (Fsp3) is 0.385. The van der Waals surface area contributed by atoms with Crippen LogP contribution in [-0.2, 0) is 6.42 Å². The average molecular weight is 400 g/mol. The van der Waals surface area contributed by atoms with E-state index in [1.807, 2.05) is 0 Å². The molecule has 0 radical (unpaired) electrons. The molecule has 1 aliphatic heterocycles. The summed E-state index contributed by atoms with van der Waals surface area (Å²) in [5, 5.41) is 7.70. The molecule has 4 nitrogen and oxygen atoms in total. The number of rotatable bonds is 4. The molecule has 4 heteroatoms. The second-order valence-electron chi connectivity index (χ2n) is 8.73. The minimum absolute atomic E-state index is 0.0726. The number of aromatic nitrogens is 2. The first-order valence-electron chi connectivity index (χ1n) is 11.2. The molecule has 0 saturated heterocycles. The maximum absolute atomic E-state index is 13.6. The van der Waals surface area contributed by atoms with Gasteiger partial charge in [0.15, 0.2) is 0 Å². The van der Waals surface area contributed by atoms with Crippen molar-refractivity contribution in [2.45, 2.75) is 64.5 Å². The van der Waals surface area contributed by atoms with Crippen LogP contribution in [0.1, 0.15) is 77.8 Å². The highest BCUT2D eigenvalue weighted by Crippen LogP contribution is 2.45. The number of H-pyrrole nitrogens is 1. The molecule has 0 bridgehead atoms. The van der Waals surface area contributed by atoms with Crippen LogP contribution < -0.4 is 0 Å². The van der Waals surface area contributed by atoms with Crippen LogP contribution in [0, 0.1) is 6.92 Å². The van der Waals surface area contributed by atoms with Crippen molar-refractivity contribution in [3.8, 4) is 11.3 Å². The van der Waals surface area contributed by atoms with Gasteiger partial charge in [-0.1, -0.05) is 80.3 Å². The number of nitrogens with one attached hydrogen (secondary N) is 1. The van der Waals surface area contributed by atoms with Crippen molar-refractivity contribution >= 4 is 5.91 Å².